The van der Waals surface area contributed by atoms with Crippen molar-refractivity contribution in [1.29, 1.82) is 0 Å². The van der Waals surface area contributed by atoms with Gasteiger partial charge in [-0.1, -0.05) is 0 Å². The molecule has 0 atom stereocenters. The highest BCUT2D eigenvalue weighted by Gasteiger charge is 2.17. The zero-order valence-electron chi connectivity index (χ0n) is 14.7. The van der Waals surface area contributed by atoms with Crippen LogP contribution in [0.15, 0.2) is 24.3 Å². The molecule has 0 unspecified atom stereocenters. The van der Waals surface area contributed by atoms with E-state index in [9.17, 15) is 18.4 Å². The van der Waals surface area contributed by atoms with Gasteiger partial charge in [0.15, 0.2) is 11.6 Å². The van der Waals surface area contributed by atoms with Gasteiger partial charge in [-0.25, -0.2) is 18.4 Å². The molecule has 0 bridgehead atoms. The maximum Gasteiger partial charge on any atom is 0.340 e. The topological polar surface area (TPSA) is 114 Å². The van der Waals surface area contributed by atoms with Crippen molar-refractivity contribution in [2.45, 2.75) is 6.42 Å². The van der Waals surface area contributed by atoms with Crippen LogP contribution in [-0.4, -0.2) is 32.8 Å². The van der Waals surface area contributed by atoms with E-state index in [1.54, 1.807) is 0 Å². The van der Waals surface area contributed by atoms with Crippen molar-refractivity contribution in [2.75, 3.05) is 32.3 Å². The van der Waals surface area contributed by atoms with Crippen LogP contribution in [0.4, 0.5) is 20.2 Å². The highest BCUT2D eigenvalue weighted by atomic mass is 19.1. The summed E-state index contributed by atoms with van der Waals surface area (Å²) in [5, 5.41) is 0. The molecule has 27 heavy (non-hydrogen) atoms. The van der Waals surface area contributed by atoms with Crippen LogP contribution >= 0.6 is 0 Å². The summed E-state index contributed by atoms with van der Waals surface area (Å²) in [5.41, 5.74) is 11.4. The van der Waals surface area contributed by atoms with Crippen LogP contribution in [0, 0.1) is 11.6 Å². The molecule has 0 radical (unpaired) electrons. The van der Waals surface area contributed by atoms with Gasteiger partial charge in [0.2, 0.25) is 0 Å². The Morgan fingerprint density at radius 3 is 1.96 bits per heavy atom. The fraction of sp³-hybridized carbons (Fsp3) is 0.222. The lowest BCUT2D eigenvalue weighted by atomic mass is 10.1. The second-order valence-electron chi connectivity index (χ2n) is 5.48. The minimum absolute atomic E-state index is 0.0175. The molecule has 0 amide bonds. The summed E-state index contributed by atoms with van der Waals surface area (Å²) in [7, 11) is 2.31. The zero-order chi connectivity index (χ0) is 20.1. The molecule has 0 saturated heterocycles. The van der Waals surface area contributed by atoms with Crippen molar-refractivity contribution in [1.82, 2.24) is 0 Å². The predicted molar refractivity (Wildman–Crippen MR) is 93.5 cm³/mol. The molecule has 0 fully saturated rings. The number of methoxy groups -OCH3 is 2. The molecular weight excluding hydrogens is 362 g/mol. The molecule has 2 aromatic rings. The molecule has 7 nitrogen and oxygen atoms in total. The third-order valence-corrected chi connectivity index (χ3v) is 3.76. The first-order valence-corrected chi connectivity index (χ1v) is 7.74. The number of anilines is 2. The summed E-state index contributed by atoms with van der Waals surface area (Å²) >= 11 is 0. The number of benzene rings is 2. The Bertz CT molecular complexity index is 815. The number of hydrogen-bond donors (Lipinski definition) is 2. The lowest BCUT2D eigenvalue weighted by Gasteiger charge is -2.12. The van der Waals surface area contributed by atoms with Gasteiger partial charge in [-0.2, -0.15) is 0 Å². The highest BCUT2D eigenvalue weighted by molar-refractivity contribution is 5.95. The molecule has 2 aromatic carbocycles. The van der Waals surface area contributed by atoms with E-state index in [-0.39, 0.29) is 46.8 Å². The van der Waals surface area contributed by atoms with E-state index in [1.165, 1.54) is 6.07 Å². The van der Waals surface area contributed by atoms with Gasteiger partial charge in [0.05, 0.1) is 37.6 Å². The van der Waals surface area contributed by atoms with Crippen molar-refractivity contribution in [3.63, 3.8) is 0 Å². The van der Waals surface area contributed by atoms with Crippen LogP contribution in [0.2, 0.25) is 0 Å². The summed E-state index contributed by atoms with van der Waals surface area (Å²) in [4.78, 5) is 23.0. The first-order chi connectivity index (χ1) is 12.8. The van der Waals surface area contributed by atoms with E-state index >= 15 is 0 Å². The summed E-state index contributed by atoms with van der Waals surface area (Å²) in [6, 6.07) is 4.31. The van der Waals surface area contributed by atoms with Crippen molar-refractivity contribution in [2.24, 2.45) is 0 Å². The molecule has 144 valence electrons. The molecule has 0 aliphatic heterocycles. The van der Waals surface area contributed by atoms with Gasteiger partial charge in [0, 0.05) is 18.2 Å². The smallest absolute Gasteiger partial charge is 0.340 e. The van der Waals surface area contributed by atoms with Gasteiger partial charge in [0.1, 0.15) is 5.82 Å². The number of ether oxygens (including phenoxy) is 3. The number of esters is 2. The fourth-order valence-corrected chi connectivity index (χ4v) is 2.35. The minimum atomic E-state index is -0.814. The Labute approximate surface area is 153 Å². The average Bonchev–Trinajstić information content (AvgIpc) is 2.65. The highest BCUT2D eigenvalue weighted by Crippen LogP contribution is 2.25. The summed E-state index contributed by atoms with van der Waals surface area (Å²) in [6.45, 7) is -0.0954. The molecule has 9 heteroatoms. The first kappa shape index (κ1) is 20.0. The Kier molecular flexibility index (Phi) is 6.17. The van der Waals surface area contributed by atoms with E-state index in [2.05, 4.69) is 9.47 Å². The Balaban J connectivity index is 2.11. The van der Waals surface area contributed by atoms with Gasteiger partial charge >= 0.3 is 11.9 Å². The second-order valence-corrected chi connectivity index (χ2v) is 5.48. The lowest BCUT2D eigenvalue weighted by Crippen LogP contribution is -2.11. The maximum atomic E-state index is 14.1. The normalized spacial score (nSPS) is 10.4. The van der Waals surface area contributed by atoms with Gasteiger partial charge < -0.3 is 25.7 Å². The molecule has 2 rings (SSSR count). The van der Waals surface area contributed by atoms with Crippen LogP contribution in [0.1, 0.15) is 26.3 Å². The van der Waals surface area contributed by atoms with E-state index < -0.39 is 23.6 Å². The first-order valence-electron chi connectivity index (χ1n) is 7.74. The van der Waals surface area contributed by atoms with E-state index in [0.717, 1.165) is 32.4 Å². The quantitative estimate of drug-likeness (QED) is 0.584. The SMILES string of the molecule is COC(=O)c1cc(F)c(CCOc2cc(N)c(C(=O)OC)cc2F)cc1N. The fourth-order valence-electron chi connectivity index (χ4n) is 2.35. The molecule has 0 saturated carbocycles. The largest absolute Gasteiger partial charge is 0.490 e. The number of nitrogens with two attached hydrogens (primary N) is 2. The van der Waals surface area contributed by atoms with Crippen molar-refractivity contribution < 1.29 is 32.6 Å². The van der Waals surface area contributed by atoms with Gasteiger partial charge in [-0.3, -0.25) is 0 Å². The summed E-state index contributed by atoms with van der Waals surface area (Å²) in [5.74, 6) is -3.21. The van der Waals surface area contributed by atoms with Crippen LogP contribution in [0.3, 0.4) is 0 Å². The molecule has 0 heterocycles. The van der Waals surface area contributed by atoms with Gasteiger partial charge in [-0.15, -0.1) is 0 Å². The monoisotopic (exact) mass is 380 g/mol. The van der Waals surface area contributed by atoms with E-state index in [0.29, 0.717) is 0 Å². The number of carbonyl (C=O) groups is 2. The van der Waals surface area contributed by atoms with Crippen LogP contribution < -0.4 is 16.2 Å². The minimum Gasteiger partial charge on any atom is -0.490 e. The standard InChI is InChI=1S/C18H18F2N2O5/c1-25-17(23)10-6-12(19)9(5-14(10)21)3-4-27-16-8-15(22)11(7-13(16)20)18(24)26-2/h5-8H,3-4,21-22H2,1-2H3. The predicted octanol–water partition coefficient (Wildman–Crippen LogP) is 2.32. The second kappa shape index (κ2) is 8.35. The molecule has 4 N–H and O–H groups in total. The molecular formula is C18H18F2N2O5. The van der Waals surface area contributed by atoms with Gasteiger partial charge in [-0.05, 0) is 23.8 Å². The van der Waals surface area contributed by atoms with Crippen molar-refractivity contribution >= 4 is 23.3 Å². The number of rotatable bonds is 6. The summed E-state index contributed by atoms with van der Waals surface area (Å²) < 4.78 is 42.4. The number of halogens is 2. The zero-order valence-corrected chi connectivity index (χ0v) is 14.7. The third kappa shape index (κ3) is 4.43. The molecule has 0 aliphatic rings. The Morgan fingerprint density at radius 2 is 1.41 bits per heavy atom. The third-order valence-electron chi connectivity index (χ3n) is 3.76. The number of nitrogen functional groups attached to an aromatic ring is 2. The molecule has 0 spiro atoms. The Hall–Kier alpha value is -3.36. The number of carbonyl (C=O) groups excluding carboxylic acids is 2. The summed E-state index contributed by atoms with van der Waals surface area (Å²) in [6.07, 6.45) is 0.0512. The maximum absolute atomic E-state index is 14.1. The van der Waals surface area contributed by atoms with E-state index in [4.69, 9.17) is 16.2 Å². The van der Waals surface area contributed by atoms with Crippen LogP contribution in [-0.2, 0) is 15.9 Å². The molecule has 0 aliphatic carbocycles. The van der Waals surface area contributed by atoms with Gasteiger partial charge in [0.25, 0.3) is 0 Å². The molecule has 0 aromatic heterocycles. The Morgan fingerprint density at radius 1 is 0.889 bits per heavy atom. The van der Waals surface area contributed by atoms with Crippen LogP contribution in [0.5, 0.6) is 5.75 Å². The van der Waals surface area contributed by atoms with Crippen molar-refractivity contribution in [3.8, 4) is 5.75 Å². The van der Waals surface area contributed by atoms with Crippen LogP contribution in [0.25, 0.3) is 0 Å². The average molecular weight is 380 g/mol. The van der Waals surface area contributed by atoms with Crippen molar-refractivity contribution in [3.05, 3.63) is 52.6 Å². The lowest BCUT2D eigenvalue weighted by molar-refractivity contribution is 0.0592. The van der Waals surface area contributed by atoms with E-state index in [1.807, 2.05) is 0 Å². The number of hydrogen-bond acceptors (Lipinski definition) is 7.